The van der Waals surface area contributed by atoms with Crippen molar-refractivity contribution < 1.29 is 9.53 Å². The predicted octanol–water partition coefficient (Wildman–Crippen LogP) is 0.834. The molecule has 16 heavy (non-hydrogen) atoms. The van der Waals surface area contributed by atoms with Gasteiger partial charge in [-0.3, -0.25) is 4.79 Å². The Balaban J connectivity index is 2.13. The van der Waals surface area contributed by atoms with Crippen LogP contribution < -0.4 is 10.6 Å². The number of rotatable bonds is 7. The summed E-state index contributed by atoms with van der Waals surface area (Å²) in [5, 5.41) is 6.06. The highest BCUT2D eigenvalue weighted by molar-refractivity contribution is 5.81. The molecule has 0 aromatic heterocycles. The van der Waals surface area contributed by atoms with E-state index in [2.05, 4.69) is 17.2 Å². The van der Waals surface area contributed by atoms with Crippen molar-refractivity contribution in [2.24, 2.45) is 0 Å². The number of nitrogens with one attached hydrogen (secondary N) is 2. The fraction of sp³-hybridized carbons (Fsp3) is 0.750. The van der Waals surface area contributed by atoms with Gasteiger partial charge in [-0.2, -0.15) is 0 Å². The summed E-state index contributed by atoms with van der Waals surface area (Å²) in [5.74, 6) is 0.0276. The molecule has 0 aromatic carbocycles. The molecule has 4 heteroatoms. The van der Waals surface area contributed by atoms with Crippen LogP contribution in [0.4, 0.5) is 0 Å². The van der Waals surface area contributed by atoms with Crippen LogP contribution in [0.15, 0.2) is 12.7 Å². The molecule has 0 aliphatic heterocycles. The number of ether oxygens (including phenoxy) is 1. The molecular formula is C12H22N2O2. The van der Waals surface area contributed by atoms with Crippen LogP contribution in [0, 0.1) is 0 Å². The topological polar surface area (TPSA) is 50.4 Å². The van der Waals surface area contributed by atoms with Gasteiger partial charge in [0.05, 0.1) is 12.1 Å². The zero-order valence-electron chi connectivity index (χ0n) is 10.2. The smallest absolute Gasteiger partial charge is 0.237 e. The second-order valence-electron chi connectivity index (χ2n) is 4.17. The average molecular weight is 226 g/mol. The van der Waals surface area contributed by atoms with Crippen LogP contribution in [0.25, 0.3) is 0 Å². The molecule has 1 unspecified atom stereocenters. The molecule has 0 spiro atoms. The number of amides is 1. The van der Waals surface area contributed by atoms with Crippen molar-refractivity contribution in [2.45, 2.75) is 44.9 Å². The van der Waals surface area contributed by atoms with Gasteiger partial charge in [0.15, 0.2) is 0 Å². The highest BCUT2D eigenvalue weighted by atomic mass is 16.5. The Morgan fingerprint density at radius 3 is 2.88 bits per heavy atom. The molecule has 0 radical (unpaired) electrons. The van der Waals surface area contributed by atoms with E-state index in [1.165, 1.54) is 0 Å². The maximum atomic E-state index is 11.5. The van der Waals surface area contributed by atoms with Gasteiger partial charge in [0.1, 0.15) is 0 Å². The normalized spacial score (nSPS) is 25.6. The van der Waals surface area contributed by atoms with Crippen molar-refractivity contribution >= 4 is 5.91 Å². The maximum absolute atomic E-state index is 11.5. The molecule has 0 saturated heterocycles. The van der Waals surface area contributed by atoms with Gasteiger partial charge in [-0.25, -0.2) is 0 Å². The summed E-state index contributed by atoms with van der Waals surface area (Å²) in [6, 6.07) is 0.272. The Morgan fingerprint density at radius 2 is 2.31 bits per heavy atom. The summed E-state index contributed by atoms with van der Waals surface area (Å²) < 4.78 is 5.46. The third kappa shape index (κ3) is 3.94. The number of carbonyl (C=O) groups excluding carboxylic acids is 1. The highest BCUT2D eigenvalue weighted by Gasteiger charge is 2.31. The summed E-state index contributed by atoms with van der Waals surface area (Å²) in [6.07, 6.45) is 4.07. The largest absolute Gasteiger partial charge is 0.378 e. The minimum atomic E-state index is -0.146. The van der Waals surface area contributed by atoms with E-state index in [0.29, 0.717) is 18.7 Å². The molecule has 0 heterocycles. The zero-order chi connectivity index (χ0) is 12.0. The van der Waals surface area contributed by atoms with Crippen LogP contribution >= 0.6 is 0 Å². The van der Waals surface area contributed by atoms with Gasteiger partial charge in [-0.15, -0.1) is 6.58 Å². The second kappa shape index (κ2) is 6.66. The maximum Gasteiger partial charge on any atom is 0.237 e. The van der Waals surface area contributed by atoms with Crippen molar-refractivity contribution in [1.29, 1.82) is 0 Å². The fourth-order valence-electron chi connectivity index (χ4n) is 1.83. The molecule has 1 amide bonds. The molecule has 1 aliphatic carbocycles. The van der Waals surface area contributed by atoms with Crippen molar-refractivity contribution in [1.82, 2.24) is 10.6 Å². The van der Waals surface area contributed by atoms with Gasteiger partial charge < -0.3 is 15.4 Å². The summed E-state index contributed by atoms with van der Waals surface area (Å²) >= 11 is 0. The van der Waals surface area contributed by atoms with E-state index in [1.54, 1.807) is 6.08 Å². The molecule has 1 rings (SSSR count). The van der Waals surface area contributed by atoms with E-state index < -0.39 is 0 Å². The minimum absolute atomic E-state index is 0.0276. The second-order valence-corrected chi connectivity index (χ2v) is 4.17. The number of carbonyl (C=O) groups is 1. The van der Waals surface area contributed by atoms with Gasteiger partial charge in [0.25, 0.3) is 0 Å². The molecular weight excluding hydrogens is 204 g/mol. The third-order valence-electron chi connectivity index (χ3n) is 2.80. The molecule has 1 saturated carbocycles. The molecule has 1 atom stereocenters. The average Bonchev–Trinajstić information content (AvgIpc) is 2.22. The lowest BCUT2D eigenvalue weighted by Gasteiger charge is -2.37. The standard InChI is InChI=1S/C12H22N2O2/c1-4-6-13-12(15)9(3)14-10-7-11(8-10)16-5-2/h4,9-11,14H,1,5-8H2,2-3H3,(H,13,15). The fourth-order valence-corrected chi connectivity index (χ4v) is 1.83. The number of hydrogen-bond acceptors (Lipinski definition) is 3. The highest BCUT2D eigenvalue weighted by Crippen LogP contribution is 2.23. The summed E-state index contributed by atoms with van der Waals surface area (Å²) in [5.41, 5.74) is 0. The predicted molar refractivity (Wildman–Crippen MR) is 64.2 cm³/mol. The van der Waals surface area contributed by atoms with Crippen LogP contribution in [0.5, 0.6) is 0 Å². The van der Waals surface area contributed by atoms with E-state index in [9.17, 15) is 4.79 Å². The van der Waals surface area contributed by atoms with Gasteiger partial charge in [-0.05, 0) is 26.7 Å². The van der Waals surface area contributed by atoms with E-state index in [0.717, 1.165) is 19.4 Å². The Kier molecular flexibility index (Phi) is 5.49. The Labute approximate surface area is 97.4 Å². The first-order chi connectivity index (χ1) is 7.67. The van der Waals surface area contributed by atoms with Crippen LogP contribution in [-0.4, -0.2) is 37.2 Å². The van der Waals surface area contributed by atoms with E-state index in [-0.39, 0.29) is 11.9 Å². The molecule has 1 fully saturated rings. The lowest BCUT2D eigenvalue weighted by molar-refractivity contribution is -0.123. The molecule has 92 valence electrons. The first-order valence-electron chi connectivity index (χ1n) is 5.93. The van der Waals surface area contributed by atoms with Crippen LogP contribution in [0.2, 0.25) is 0 Å². The van der Waals surface area contributed by atoms with E-state index in [1.807, 2.05) is 13.8 Å². The van der Waals surface area contributed by atoms with E-state index in [4.69, 9.17) is 4.74 Å². The molecule has 0 aromatic rings. The van der Waals surface area contributed by atoms with Crippen LogP contribution in [0.3, 0.4) is 0 Å². The first-order valence-corrected chi connectivity index (χ1v) is 5.93. The van der Waals surface area contributed by atoms with Gasteiger partial charge >= 0.3 is 0 Å². The lowest BCUT2D eigenvalue weighted by atomic mass is 9.88. The van der Waals surface area contributed by atoms with Gasteiger partial charge in [0.2, 0.25) is 5.91 Å². The zero-order valence-corrected chi connectivity index (χ0v) is 10.2. The first kappa shape index (κ1) is 13.2. The Bertz CT molecular complexity index is 237. The molecule has 4 nitrogen and oxygen atoms in total. The Morgan fingerprint density at radius 1 is 1.62 bits per heavy atom. The van der Waals surface area contributed by atoms with Crippen molar-refractivity contribution in [3.8, 4) is 0 Å². The summed E-state index contributed by atoms with van der Waals surface area (Å²) in [7, 11) is 0. The van der Waals surface area contributed by atoms with Crippen LogP contribution in [-0.2, 0) is 9.53 Å². The Hall–Kier alpha value is -0.870. The lowest BCUT2D eigenvalue weighted by Crippen LogP contribution is -2.53. The monoisotopic (exact) mass is 226 g/mol. The SMILES string of the molecule is C=CCNC(=O)C(C)NC1CC(OCC)C1. The summed E-state index contributed by atoms with van der Waals surface area (Å²) in [6.45, 7) is 8.74. The van der Waals surface area contributed by atoms with Gasteiger partial charge in [0, 0.05) is 19.2 Å². The summed E-state index contributed by atoms with van der Waals surface area (Å²) in [4.78, 5) is 11.5. The van der Waals surface area contributed by atoms with Crippen molar-refractivity contribution in [3.63, 3.8) is 0 Å². The van der Waals surface area contributed by atoms with Crippen molar-refractivity contribution in [3.05, 3.63) is 12.7 Å². The quantitative estimate of drug-likeness (QED) is 0.632. The number of hydrogen-bond donors (Lipinski definition) is 2. The van der Waals surface area contributed by atoms with Crippen molar-refractivity contribution in [2.75, 3.05) is 13.2 Å². The minimum Gasteiger partial charge on any atom is -0.378 e. The third-order valence-corrected chi connectivity index (χ3v) is 2.80. The molecule has 1 aliphatic rings. The molecule has 0 bridgehead atoms. The van der Waals surface area contributed by atoms with Gasteiger partial charge in [-0.1, -0.05) is 6.08 Å². The molecule has 2 N–H and O–H groups in total. The van der Waals surface area contributed by atoms with Crippen LogP contribution in [0.1, 0.15) is 26.7 Å². The van der Waals surface area contributed by atoms with E-state index >= 15 is 0 Å².